The van der Waals surface area contributed by atoms with Crippen LogP contribution in [0.1, 0.15) is 26.7 Å². The molecule has 0 aromatic heterocycles. The van der Waals surface area contributed by atoms with Crippen LogP contribution >= 0.6 is 0 Å². The van der Waals surface area contributed by atoms with E-state index in [-0.39, 0.29) is 23.8 Å². The van der Waals surface area contributed by atoms with Crippen molar-refractivity contribution >= 4 is 11.9 Å². The van der Waals surface area contributed by atoms with Crippen molar-refractivity contribution in [2.75, 3.05) is 14.2 Å². The Morgan fingerprint density at radius 2 is 1.38 bits per heavy atom. The van der Waals surface area contributed by atoms with Crippen LogP contribution in [-0.4, -0.2) is 26.2 Å². The zero-order valence-corrected chi connectivity index (χ0v) is 10.2. The van der Waals surface area contributed by atoms with Crippen LogP contribution in [0.5, 0.6) is 0 Å². The number of allylic oxidation sites excluding steroid dienone is 2. The molecule has 0 saturated heterocycles. The molecule has 0 aromatic rings. The fraction of sp³-hybridized carbons (Fsp3) is 0.667. The van der Waals surface area contributed by atoms with Crippen molar-refractivity contribution in [1.82, 2.24) is 0 Å². The first-order valence-corrected chi connectivity index (χ1v) is 5.32. The Kier molecular flexibility index (Phi) is 4.10. The van der Waals surface area contributed by atoms with E-state index < -0.39 is 0 Å². The zero-order chi connectivity index (χ0) is 12.3. The number of carbonyl (C=O) groups excluding carboxylic acids is 2. The fourth-order valence-electron chi connectivity index (χ4n) is 2.10. The number of rotatable bonds is 2. The van der Waals surface area contributed by atoms with Crippen molar-refractivity contribution in [1.29, 1.82) is 0 Å². The predicted octanol–water partition coefficient (Wildman–Crippen LogP) is 1.70. The summed E-state index contributed by atoms with van der Waals surface area (Å²) >= 11 is 0. The molecule has 0 aliphatic heterocycles. The average Bonchev–Trinajstić information content (AvgIpc) is 2.71. The first-order valence-electron chi connectivity index (χ1n) is 5.32. The van der Waals surface area contributed by atoms with Gasteiger partial charge in [0.2, 0.25) is 0 Å². The molecule has 4 nitrogen and oxygen atoms in total. The van der Waals surface area contributed by atoms with Gasteiger partial charge in [-0.15, -0.1) is 0 Å². The Labute approximate surface area is 95.6 Å². The smallest absolute Gasteiger partial charge is 0.309 e. The number of ether oxygens (including phenoxy) is 2. The SMILES string of the molecule is COC(=O)[C@@H]1CC(=C(C)C)C[C@H]1C(=O)OC. The second-order valence-corrected chi connectivity index (χ2v) is 4.27. The first kappa shape index (κ1) is 12.7. The van der Waals surface area contributed by atoms with Crippen molar-refractivity contribution in [3.05, 3.63) is 11.1 Å². The summed E-state index contributed by atoms with van der Waals surface area (Å²) in [5.41, 5.74) is 2.33. The molecule has 1 rings (SSSR count). The van der Waals surface area contributed by atoms with Gasteiger partial charge in [-0.3, -0.25) is 9.59 Å². The molecule has 0 bridgehead atoms. The van der Waals surface area contributed by atoms with Gasteiger partial charge >= 0.3 is 11.9 Å². The molecule has 0 unspecified atom stereocenters. The van der Waals surface area contributed by atoms with Crippen LogP contribution in [0.3, 0.4) is 0 Å². The van der Waals surface area contributed by atoms with Gasteiger partial charge in [0.25, 0.3) is 0 Å². The molecular weight excluding hydrogens is 208 g/mol. The number of carbonyl (C=O) groups is 2. The van der Waals surface area contributed by atoms with Crippen LogP contribution in [0, 0.1) is 11.8 Å². The molecule has 1 aliphatic rings. The molecule has 1 saturated carbocycles. The van der Waals surface area contributed by atoms with Crippen LogP contribution in [0.2, 0.25) is 0 Å². The summed E-state index contributed by atoms with van der Waals surface area (Å²) in [6.45, 7) is 3.98. The van der Waals surface area contributed by atoms with Gasteiger partial charge in [-0.1, -0.05) is 11.1 Å². The largest absolute Gasteiger partial charge is 0.469 e. The van der Waals surface area contributed by atoms with Crippen LogP contribution in [-0.2, 0) is 19.1 Å². The van der Waals surface area contributed by atoms with Gasteiger partial charge in [-0.25, -0.2) is 0 Å². The predicted molar refractivity (Wildman–Crippen MR) is 58.6 cm³/mol. The molecule has 0 radical (unpaired) electrons. The second-order valence-electron chi connectivity index (χ2n) is 4.27. The third-order valence-electron chi connectivity index (χ3n) is 3.13. The molecule has 2 atom stereocenters. The number of hydrogen-bond acceptors (Lipinski definition) is 4. The van der Waals surface area contributed by atoms with E-state index in [1.807, 2.05) is 13.8 Å². The fourth-order valence-corrected chi connectivity index (χ4v) is 2.10. The highest BCUT2D eigenvalue weighted by atomic mass is 16.5. The van der Waals surface area contributed by atoms with Crippen molar-refractivity contribution in [2.45, 2.75) is 26.7 Å². The first-order chi connectivity index (χ1) is 7.51. The average molecular weight is 226 g/mol. The Bertz CT molecular complexity index is 300. The minimum atomic E-state index is -0.387. The number of methoxy groups -OCH3 is 2. The molecule has 0 heterocycles. The molecule has 4 heteroatoms. The normalized spacial score (nSPS) is 24.1. The van der Waals surface area contributed by atoms with Crippen molar-refractivity contribution in [2.24, 2.45) is 11.8 Å². The standard InChI is InChI=1S/C12H18O4/c1-7(2)8-5-9(11(13)15-3)10(6-8)12(14)16-4/h9-10H,5-6H2,1-4H3/t9-,10-/m1/s1. The summed E-state index contributed by atoms with van der Waals surface area (Å²) in [4.78, 5) is 23.1. The van der Waals surface area contributed by atoms with E-state index >= 15 is 0 Å². The molecule has 1 aliphatic carbocycles. The lowest BCUT2D eigenvalue weighted by atomic mass is 9.96. The maximum atomic E-state index is 11.6. The molecule has 90 valence electrons. The lowest BCUT2D eigenvalue weighted by molar-refractivity contribution is -0.156. The highest BCUT2D eigenvalue weighted by Crippen LogP contribution is 2.38. The second kappa shape index (κ2) is 5.14. The van der Waals surface area contributed by atoms with E-state index in [0.717, 1.165) is 5.57 Å². The molecular formula is C12H18O4. The highest BCUT2D eigenvalue weighted by Gasteiger charge is 2.41. The van der Waals surface area contributed by atoms with E-state index in [9.17, 15) is 9.59 Å². The van der Waals surface area contributed by atoms with E-state index in [1.54, 1.807) is 0 Å². The molecule has 0 aromatic carbocycles. The van der Waals surface area contributed by atoms with Gasteiger partial charge in [0, 0.05) is 0 Å². The lowest BCUT2D eigenvalue weighted by Gasteiger charge is -2.13. The van der Waals surface area contributed by atoms with Crippen molar-refractivity contribution in [3.8, 4) is 0 Å². The molecule has 0 amide bonds. The quantitative estimate of drug-likeness (QED) is 0.531. The number of esters is 2. The van der Waals surface area contributed by atoms with E-state index in [1.165, 1.54) is 19.8 Å². The van der Waals surface area contributed by atoms with Gasteiger partial charge in [0.05, 0.1) is 26.1 Å². The summed E-state index contributed by atoms with van der Waals surface area (Å²) in [6, 6.07) is 0. The molecule has 1 fully saturated rings. The molecule has 16 heavy (non-hydrogen) atoms. The van der Waals surface area contributed by atoms with E-state index in [0.29, 0.717) is 12.8 Å². The summed E-state index contributed by atoms with van der Waals surface area (Å²) in [6.07, 6.45) is 1.21. The van der Waals surface area contributed by atoms with Crippen LogP contribution in [0.15, 0.2) is 11.1 Å². The molecule has 0 N–H and O–H groups in total. The number of hydrogen-bond donors (Lipinski definition) is 0. The maximum Gasteiger partial charge on any atom is 0.309 e. The molecule has 0 spiro atoms. The van der Waals surface area contributed by atoms with E-state index in [2.05, 4.69) is 0 Å². The van der Waals surface area contributed by atoms with Gasteiger partial charge in [0.1, 0.15) is 0 Å². The Hall–Kier alpha value is -1.32. The van der Waals surface area contributed by atoms with Crippen molar-refractivity contribution in [3.63, 3.8) is 0 Å². The Morgan fingerprint density at radius 1 is 1.00 bits per heavy atom. The maximum absolute atomic E-state index is 11.6. The zero-order valence-electron chi connectivity index (χ0n) is 10.2. The van der Waals surface area contributed by atoms with E-state index in [4.69, 9.17) is 9.47 Å². The monoisotopic (exact) mass is 226 g/mol. The Balaban J connectivity index is 2.92. The summed E-state index contributed by atoms with van der Waals surface area (Å²) in [7, 11) is 2.69. The minimum Gasteiger partial charge on any atom is -0.469 e. The van der Waals surface area contributed by atoms with Crippen LogP contribution in [0.4, 0.5) is 0 Å². The summed E-state index contributed by atoms with van der Waals surface area (Å²) in [5, 5.41) is 0. The third-order valence-corrected chi connectivity index (χ3v) is 3.13. The van der Waals surface area contributed by atoms with Gasteiger partial charge in [0.15, 0.2) is 0 Å². The van der Waals surface area contributed by atoms with Gasteiger partial charge in [-0.2, -0.15) is 0 Å². The van der Waals surface area contributed by atoms with Gasteiger partial charge < -0.3 is 9.47 Å². The van der Waals surface area contributed by atoms with Crippen molar-refractivity contribution < 1.29 is 19.1 Å². The highest BCUT2D eigenvalue weighted by molar-refractivity contribution is 5.83. The van der Waals surface area contributed by atoms with Crippen LogP contribution < -0.4 is 0 Å². The lowest BCUT2D eigenvalue weighted by Crippen LogP contribution is -2.27. The summed E-state index contributed by atoms with van der Waals surface area (Å²) < 4.78 is 9.44. The van der Waals surface area contributed by atoms with Gasteiger partial charge in [-0.05, 0) is 26.7 Å². The minimum absolute atomic E-state index is 0.327. The van der Waals surface area contributed by atoms with Crippen LogP contribution in [0.25, 0.3) is 0 Å². The Morgan fingerprint density at radius 3 is 1.62 bits per heavy atom. The summed E-state index contributed by atoms with van der Waals surface area (Å²) in [5.74, 6) is -1.43. The third kappa shape index (κ3) is 2.43. The topological polar surface area (TPSA) is 52.6 Å².